The number of aliphatic imine (C=N–C) groups is 1. The molecule has 0 saturated heterocycles. The Morgan fingerprint density at radius 2 is 1.69 bits per heavy atom. The zero-order valence-corrected chi connectivity index (χ0v) is 24.7. The number of nitrogens with one attached hydrogen (secondary N) is 2. The fourth-order valence-electron chi connectivity index (χ4n) is 4.79. The minimum atomic E-state index is -1.70. The van der Waals surface area contributed by atoms with Crippen molar-refractivity contribution in [2.24, 2.45) is 15.2 Å². The molecule has 1 aliphatic heterocycles. The van der Waals surface area contributed by atoms with Gasteiger partial charge in [0.2, 0.25) is 5.90 Å². The number of methoxy groups -OCH3 is 2. The van der Waals surface area contributed by atoms with E-state index in [1.807, 2.05) is 0 Å². The van der Waals surface area contributed by atoms with Gasteiger partial charge in [0.15, 0.2) is 17.9 Å². The van der Waals surface area contributed by atoms with Gasteiger partial charge in [0.1, 0.15) is 5.75 Å². The number of rotatable bonds is 16. The van der Waals surface area contributed by atoms with Crippen molar-refractivity contribution >= 4 is 23.2 Å². The maximum atomic E-state index is 14.3. The summed E-state index contributed by atoms with van der Waals surface area (Å²) < 4.78 is 22.6. The first-order valence-electron chi connectivity index (χ1n) is 14.0. The van der Waals surface area contributed by atoms with E-state index in [9.17, 15) is 15.9 Å². The third-order valence-electron chi connectivity index (χ3n) is 7.00. The van der Waals surface area contributed by atoms with Gasteiger partial charge in [-0.1, -0.05) is 58.8 Å². The first-order valence-corrected chi connectivity index (χ1v) is 14.0. The molecule has 2 atom stereocenters. The summed E-state index contributed by atoms with van der Waals surface area (Å²) in [5, 5.41) is 16.7. The lowest BCUT2D eigenvalue weighted by Crippen LogP contribution is -2.55. The Morgan fingerprint density at radius 1 is 1.02 bits per heavy atom. The molecule has 0 unspecified atom stereocenters. The molecule has 0 aromatic heterocycles. The highest BCUT2D eigenvalue weighted by atomic mass is 16.7. The Hall–Kier alpha value is -5.14. The summed E-state index contributed by atoms with van der Waals surface area (Å²) in [4.78, 5) is 25.2. The van der Waals surface area contributed by atoms with Crippen LogP contribution in [0.5, 0.6) is 5.75 Å². The molecule has 0 spiro atoms. The van der Waals surface area contributed by atoms with Crippen molar-refractivity contribution in [1.29, 1.82) is 0 Å². The van der Waals surface area contributed by atoms with Gasteiger partial charge in [0.25, 0.3) is 5.91 Å². The van der Waals surface area contributed by atoms with Gasteiger partial charge in [-0.2, -0.15) is 0 Å². The molecule has 15 nitrogen and oxygen atoms in total. The Kier molecular flexibility index (Phi) is 11.7. The van der Waals surface area contributed by atoms with Crippen LogP contribution in [0.25, 0.3) is 20.9 Å². The number of carbonyl (C=O) groups excluding carboxylic acids is 1. The summed E-state index contributed by atoms with van der Waals surface area (Å²) in [6.07, 6.45) is -1.31. The highest BCUT2D eigenvalue weighted by Crippen LogP contribution is 2.46. The second-order valence-electron chi connectivity index (χ2n) is 9.77. The summed E-state index contributed by atoms with van der Waals surface area (Å²) in [6, 6.07) is 20.6. The number of hydrazine groups is 1. The number of nitrogens with zero attached hydrogens (tertiary/aromatic N) is 7. The topological polar surface area (TPSA) is 208 Å². The van der Waals surface area contributed by atoms with Crippen LogP contribution in [-0.2, 0) is 25.4 Å². The SMILES string of the molecule is COC(CNNC(=O)[C@@]1(Cc2ccccc2N=[N+]=[N-])N=C(c2ccc(OCCCO)cc2)O[C@H]1c1ccccc1N=[N+]=[N-])OC. The maximum Gasteiger partial charge on any atom is 0.266 e. The number of aliphatic hydroxyl groups is 1. The first-order chi connectivity index (χ1) is 22.0. The van der Waals surface area contributed by atoms with E-state index in [2.05, 4.69) is 30.9 Å². The second kappa shape index (κ2) is 16.1. The van der Waals surface area contributed by atoms with Gasteiger partial charge < -0.3 is 24.1 Å². The molecule has 0 saturated carbocycles. The molecule has 45 heavy (non-hydrogen) atoms. The maximum absolute atomic E-state index is 14.3. The van der Waals surface area contributed by atoms with Crippen molar-refractivity contribution in [2.75, 3.05) is 34.0 Å². The van der Waals surface area contributed by atoms with Crippen LogP contribution in [0.15, 0.2) is 88.0 Å². The van der Waals surface area contributed by atoms with Crippen LogP contribution < -0.4 is 15.6 Å². The minimum absolute atomic E-state index is 0.0147. The third-order valence-corrected chi connectivity index (χ3v) is 7.00. The lowest BCUT2D eigenvalue weighted by atomic mass is 9.81. The molecule has 0 aliphatic carbocycles. The third kappa shape index (κ3) is 7.88. The fourth-order valence-corrected chi connectivity index (χ4v) is 4.79. The van der Waals surface area contributed by atoms with Crippen LogP contribution in [-0.4, -0.2) is 62.7 Å². The second-order valence-corrected chi connectivity index (χ2v) is 9.77. The van der Waals surface area contributed by atoms with E-state index >= 15 is 0 Å². The number of amides is 1. The summed E-state index contributed by atoms with van der Waals surface area (Å²) in [6.45, 7) is 0.472. The molecule has 234 valence electrons. The quantitative estimate of drug-likeness (QED) is 0.0497. The Balaban J connectivity index is 1.85. The molecular weight excluding hydrogens is 582 g/mol. The molecule has 1 aliphatic rings. The number of hydrogen-bond acceptors (Lipinski definition) is 10. The summed E-state index contributed by atoms with van der Waals surface area (Å²) >= 11 is 0. The van der Waals surface area contributed by atoms with Crippen LogP contribution in [0.4, 0.5) is 11.4 Å². The van der Waals surface area contributed by atoms with E-state index in [-0.39, 0.29) is 31.2 Å². The van der Waals surface area contributed by atoms with Crippen molar-refractivity contribution in [2.45, 2.75) is 30.8 Å². The van der Waals surface area contributed by atoms with E-state index in [1.165, 1.54) is 14.2 Å². The molecule has 3 aromatic carbocycles. The lowest BCUT2D eigenvalue weighted by molar-refractivity contribution is -0.131. The van der Waals surface area contributed by atoms with Gasteiger partial charge in [0, 0.05) is 66.0 Å². The highest BCUT2D eigenvalue weighted by Gasteiger charge is 2.54. The average Bonchev–Trinajstić information content (AvgIpc) is 3.45. The van der Waals surface area contributed by atoms with Gasteiger partial charge in [-0.15, -0.1) is 0 Å². The molecular formula is C30H33N9O6. The van der Waals surface area contributed by atoms with Crippen molar-refractivity contribution in [3.8, 4) is 5.75 Å². The van der Waals surface area contributed by atoms with E-state index in [1.54, 1.807) is 72.8 Å². The van der Waals surface area contributed by atoms with Gasteiger partial charge in [-0.05, 0) is 40.9 Å². The number of azide groups is 2. The summed E-state index contributed by atoms with van der Waals surface area (Å²) in [7, 11) is 2.94. The Labute approximate surface area is 259 Å². The van der Waals surface area contributed by atoms with E-state index in [0.717, 1.165) is 0 Å². The number of hydrogen-bond donors (Lipinski definition) is 3. The summed E-state index contributed by atoms with van der Waals surface area (Å²) in [5.74, 6) is 0.156. The molecule has 0 radical (unpaired) electrons. The van der Waals surface area contributed by atoms with E-state index in [0.29, 0.717) is 41.2 Å². The van der Waals surface area contributed by atoms with Crippen LogP contribution in [0.3, 0.4) is 0 Å². The van der Waals surface area contributed by atoms with Crippen molar-refractivity contribution in [1.82, 2.24) is 10.9 Å². The monoisotopic (exact) mass is 615 g/mol. The Bertz CT molecular complexity index is 1580. The number of aliphatic hydroxyl groups excluding tert-OH is 1. The molecule has 15 heteroatoms. The zero-order chi connectivity index (χ0) is 32.1. The van der Waals surface area contributed by atoms with Crippen molar-refractivity contribution < 1.29 is 28.8 Å². The van der Waals surface area contributed by atoms with Crippen LogP contribution >= 0.6 is 0 Å². The fraction of sp³-hybridized carbons (Fsp3) is 0.333. The van der Waals surface area contributed by atoms with E-state index in [4.69, 9.17) is 29.0 Å². The standard InChI is InChI=1S/C30H33N9O6/c1-42-26(43-2)19-33-37-29(41)30(18-21-8-3-5-10-24(21)35-38-31)27(23-9-4-6-11-25(23)36-39-32)45-28(34-30)20-12-14-22(15-13-20)44-17-7-16-40/h3-6,8-15,26-27,33,40H,7,16-19H2,1-2H3,(H,37,41)/t27-,30-/m0/s1. The van der Waals surface area contributed by atoms with E-state index < -0.39 is 23.8 Å². The predicted octanol–water partition coefficient (Wildman–Crippen LogP) is 5.07. The predicted molar refractivity (Wildman–Crippen MR) is 165 cm³/mol. The molecule has 4 rings (SSSR count). The first kappa shape index (κ1) is 32.8. The highest BCUT2D eigenvalue weighted by molar-refractivity contribution is 6.01. The molecule has 3 aromatic rings. The molecule has 1 heterocycles. The molecule has 0 bridgehead atoms. The van der Waals surface area contributed by atoms with Gasteiger partial charge in [0.05, 0.1) is 13.2 Å². The molecule has 1 amide bonds. The molecule has 3 N–H and O–H groups in total. The summed E-state index contributed by atoms with van der Waals surface area (Å²) in [5.41, 5.74) is 24.5. The van der Waals surface area contributed by atoms with Gasteiger partial charge >= 0.3 is 0 Å². The van der Waals surface area contributed by atoms with Crippen LogP contribution in [0.2, 0.25) is 0 Å². The number of ether oxygens (including phenoxy) is 4. The Morgan fingerprint density at radius 3 is 2.38 bits per heavy atom. The van der Waals surface area contributed by atoms with Crippen molar-refractivity contribution in [3.63, 3.8) is 0 Å². The van der Waals surface area contributed by atoms with Crippen LogP contribution in [0.1, 0.15) is 29.2 Å². The van der Waals surface area contributed by atoms with Crippen molar-refractivity contribution in [3.05, 3.63) is 110 Å². The lowest BCUT2D eigenvalue weighted by Gasteiger charge is -2.32. The normalized spacial score (nSPS) is 17.1. The number of carbonyl (C=O) groups is 1. The average molecular weight is 616 g/mol. The molecule has 0 fully saturated rings. The smallest absolute Gasteiger partial charge is 0.266 e. The number of benzene rings is 3. The van der Waals surface area contributed by atoms with Crippen LogP contribution in [0, 0.1) is 0 Å². The van der Waals surface area contributed by atoms with Gasteiger partial charge in [-0.3, -0.25) is 10.2 Å². The van der Waals surface area contributed by atoms with Gasteiger partial charge in [-0.25, -0.2) is 10.4 Å². The minimum Gasteiger partial charge on any atom is -0.494 e. The largest absolute Gasteiger partial charge is 0.494 e. The zero-order valence-electron chi connectivity index (χ0n) is 24.7.